The van der Waals surface area contributed by atoms with Crippen molar-refractivity contribution < 1.29 is 14.3 Å². The topological polar surface area (TPSA) is 59.6 Å². The number of carbonyl (C=O) groups excluding carboxylic acids is 1. The van der Waals surface area contributed by atoms with E-state index in [1.807, 2.05) is 24.3 Å². The van der Waals surface area contributed by atoms with Crippen LogP contribution in [0.5, 0.6) is 11.5 Å². The lowest BCUT2D eigenvalue weighted by molar-refractivity contribution is 0.0918. The van der Waals surface area contributed by atoms with E-state index in [0.29, 0.717) is 19.1 Å². The number of fused-ring (bicyclic) bond motifs is 1. The molecule has 0 bridgehead atoms. The second-order valence-corrected chi connectivity index (χ2v) is 5.74. The van der Waals surface area contributed by atoms with Crippen LogP contribution in [0.3, 0.4) is 0 Å². The molecule has 21 heavy (non-hydrogen) atoms. The molecular weight excluding hydrogens is 268 g/mol. The van der Waals surface area contributed by atoms with Crippen molar-refractivity contribution >= 4 is 6.03 Å². The number of benzene rings is 1. The Labute approximate surface area is 125 Å². The van der Waals surface area contributed by atoms with Crippen LogP contribution in [0, 0.1) is 5.92 Å². The van der Waals surface area contributed by atoms with Gasteiger partial charge in [-0.15, -0.1) is 0 Å². The molecule has 1 fully saturated rings. The zero-order valence-electron chi connectivity index (χ0n) is 12.1. The fourth-order valence-corrected chi connectivity index (χ4v) is 2.88. The van der Waals surface area contributed by atoms with Gasteiger partial charge in [-0.2, -0.15) is 0 Å². The van der Waals surface area contributed by atoms with Gasteiger partial charge in [0.15, 0.2) is 17.6 Å². The molecule has 2 aliphatic rings. The minimum atomic E-state index is -0.142. The summed E-state index contributed by atoms with van der Waals surface area (Å²) in [5.74, 6) is 2.15. The lowest BCUT2D eigenvalue weighted by atomic mass is 10.1. The molecule has 1 unspecified atom stereocenters. The summed E-state index contributed by atoms with van der Waals surface area (Å²) in [5, 5.41) is 5.79. The molecular formula is C16H22N2O3. The van der Waals surface area contributed by atoms with Gasteiger partial charge in [-0.3, -0.25) is 0 Å². The van der Waals surface area contributed by atoms with Gasteiger partial charge >= 0.3 is 6.03 Å². The van der Waals surface area contributed by atoms with Crippen LogP contribution in [-0.2, 0) is 0 Å². The van der Waals surface area contributed by atoms with Gasteiger partial charge in [0.1, 0.15) is 6.61 Å². The summed E-state index contributed by atoms with van der Waals surface area (Å²) < 4.78 is 11.4. The number of amides is 2. The number of urea groups is 1. The number of carbonyl (C=O) groups is 1. The quantitative estimate of drug-likeness (QED) is 0.894. The Bertz CT molecular complexity index is 486. The van der Waals surface area contributed by atoms with Crippen molar-refractivity contribution in [2.45, 2.75) is 31.8 Å². The molecule has 2 N–H and O–H groups in total. The molecule has 1 atom stereocenters. The minimum absolute atomic E-state index is 0.121. The van der Waals surface area contributed by atoms with Crippen molar-refractivity contribution in [1.29, 1.82) is 0 Å². The SMILES string of the molecule is O=C(NCC1CCCC1)NCC1COc2ccccc2O1. The Hall–Kier alpha value is -1.91. The fourth-order valence-electron chi connectivity index (χ4n) is 2.88. The summed E-state index contributed by atoms with van der Waals surface area (Å²) in [7, 11) is 0. The minimum Gasteiger partial charge on any atom is -0.486 e. The van der Waals surface area contributed by atoms with Crippen molar-refractivity contribution in [2.75, 3.05) is 19.7 Å². The monoisotopic (exact) mass is 290 g/mol. The first-order valence-corrected chi connectivity index (χ1v) is 7.71. The Morgan fingerprint density at radius 3 is 2.62 bits per heavy atom. The van der Waals surface area contributed by atoms with Gasteiger partial charge in [0.05, 0.1) is 6.54 Å². The van der Waals surface area contributed by atoms with Gasteiger partial charge in [0.2, 0.25) is 0 Å². The maximum atomic E-state index is 11.8. The number of ether oxygens (including phenoxy) is 2. The van der Waals surface area contributed by atoms with E-state index in [1.54, 1.807) is 0 Å². The molecule has 0 saturated heterocycles. The summed E-state index contributed by atoms with van der Waals surface area (Å²) in [6.07, 6.45) is 4.91. The molecule has 1 heterocycles. The van der Waals surface area contributed by atoms with Gasteiger partial charge < -0.3 is 20.1 Å². The molecule has 1 aliphatic carbocycles. The third-order valence-electron chi connectivity index (χ3n) is 4.08. The predicted molar refractivity (Wildman–Crippen MR) is 79.7 cm³/mol. The van der Waals surface area contributed by atoms with Gasteiger partial charge in [-0.05, 0) is 30.9 Å². The summed E-state index contributed by atoms with van der Waals surface area (Å²) in [6, 6.07) is 7.46. The van der Waals surface area contributed by atoms with Crippen LogP contribution in [0.2, 0.25) is 0 Å². The molecule has 1 aliphatic heterocycles. The molecule has 1 saturated carbocycles. The third-order valence-corrected chi connectivity index (χ3v) is 4.08. The van der Waals surface area contributed by atoms with Crippen molar-refractivity contribution in [3.8, 4) is 11.5 Å². The smallest absolute Gasteiger partial charge is 0.314 e. The standard InChI is InChI=1S/C16H22N2O3/c19-16(17-9-12-5-1-2-6-12)18-10-13-11-20-14-7-3-4-8-15(14)21-13/h3-4,7-8,12-13H,1-2,5-6,9-11H2,(H2,17,18,19). The fraction of sp³-hybridized carbons (Fsp3) is 0.562. The summed E-state index contributed by atoms with van der Waals surface area (Å²) in [4.78, 5) is 11.8. The lowest BCUT2D eigenvalue weighted by Gasteiger charge is -2.26. The highest BCUT2D eigenvalue weighted by atomic mass is 16.6. The average molecular weight is 290 g/mol. The lowest BCUT2D eigenvalue weighted by Crippen LogP contribution is -2.45. The van der Waals surface area contributed by atoms with E-state index in [-0.39, 0.29) is 12.1 Å². The second-order valence-electron chi connectivity index (χ2n) is 5.74. The molecule has 0 aromatic heterocycles. The highest BCUT2D eigenvalue weighted by Gasteiger charge is 2.21. The first kappa shape index (κ1) is 14.0. The number of hydrogen-bond acceptors (Lipinski definition) is 3. The van der Waals surface area contributed by atoms with E-state index < -0.39 is 0 Å². The normalized spacial score (nSPS) is 21.0. The maximum absolute atomic E-state index is 11.8. The third kappa shape index (κ3) is 3.80. The van der Waals surface area contributed by atoms with Gasteiger partial charge in [0.25, 0.3) is 0 Å². The molecule has 5 heteroatoms. The van der Waals surface area contributed by atoms with Gasteiger partial charge in [-0.1, -0.05) is 25.0 Å². The zero-order valence-corrected chi connectivity index (χ0v) is 12.1. The van der Waals surface area contributed by atoms with E-state index in [4.69, 9.17) is 9.47 Å². The Morgan fingerprint density at radius 1 is 1.10 bits per heavy atom. The summed E-state index contributed by atoms with van der Waals surface area (Å²) in [6.45, 7) is 1.68. The molecule has 1 aromatic carbocycles. The van der Waals surface area contributed by atoms with Gasteiger partial charge in [0, 0.05) is 6.54 Å². The van der Waals surface area contributed by atoms with E-state index >= 15 is 0 Å². The largest absolute Gasteiger partial charge is 0.486 e. The number of hydrogen-bond donors (Lipinski definition) is 2. The molecule has 0 spiro atoms. The van der Waals surface area contributed by atoms with Crippen LogP contribution >= 0.6 is 0 Å². The first-order valence-electron chi connectivity index (χ1n) is 7.71. The van der Waals surface area contributed by atoms with Crippen LogP contribution in [0.25, 0.3) is 0 Å². The molecule has 5 nitrogen and oxygen atoms in total. The molecule has 114 valence electrons. The maximum Gasteiger partial charge on any atom is 0.314 e. The second kappa shape index (κ2) is 6.70. The zero-order chi connectivity index (χ0) is 14.5. The number of para-hydroxylation sites is 2. The molecule has 1 aromatic rings. The van der Waals surface area contributed by atoms with Crippen molar-refractivity contribution in [1.82, 2.24) is 10.6 Å². The van der Waals surface area contributed by atoms with Crippen LogP contribution in [0.15, 0.2) is 24.3 Å². The van der Waals surface area contributed by atoms with E-state index in [0.717, 1.165) is 18.0 Å². The Morgan fingerprint density at radius 2 is 1.81 bits per heavy atom. The van der Waals surface area contributed by atoms with E-state index in [1.165, 1.54) is 25.7 Å². The summed E-state index contributed by atoms with van der Waals surface area (Å²) >= 11 is 0. The van der Waals surface area contributed by atoms with E-state index in [2.05, 4.69) is 10.6 Å². The first-order chi connectivity index (χ1) is 10.3. The Balaban J connectivity index is 1.38. The average Bonchev–Trinajstić information content (AvgIpc) is 3.04. The molecule has 3 rings (SSSR count). The van der Waals surface area contributed by atoms with Crippen LogP contribution < -0.4 is 20.1 Å². The highest BCUT2D eigenvalue weighted by molar-refractivity contribution is 5.73. The predicted octanol–water partition coefficient (Wildman–Crippen LogP) is 2.32. The highest BCUT2D eigenvalue weighted by Crippen LogP contribution is 2.30. The number of nitrogens with one attached hydrogen (secondary N) is 2. The van der Waals surface area contributed by atoms with Gasteiger partial charge in [-0.25, -0.2) is 4.79 Å². The molecule has 2 amide bonds. The molecule has 0 radical (unpaired) electrons. The van der Waals surface area contributed by atoms with E-state index in [9.17, 15) is 4.79 Å². The Kier molecular flexibility index (Phi) is 4.48. The number of rotatable bonds is 4. The van der Waals surface area contributed by atoms with Crippen LogP contribution in [-0.4, -0.2) is 31.8 Å². The van der Waals surface area contributed by atoms with Crippen LogP contribution in [0.4, 0.5) is 4.79 Å². The summed E-state index contributed by atoms with van der Waals surface area (Å²) in [5.41, 5.74) is 0. The van der Waals surface area contributed by atoms with Crippen molar-refractivity contribution in [2.24, 2.45) is 5.92 Å². The van der Waals surface area contributed by atoms with Crippen molar-refractivity contribution in [3.05, 3.63) is 24.3 Å². The van der Waals surface area contributed by atoms with Crippen molar-refractivity contribution in [3.63, 3.8) is 0 Å². The van der Waals surface area contributed by atoms with Crippen LogP contribution in [0.1, 0.15) is 25.7 Å².